The summed E-state index contributed by atoms with van der Waals surface area (Å²) in [6.45, 7) is 1.97. The van der Waals surface area contributed by atoms with Crippen LogP contribution >= 0.6 is 0 Å². The number of carbonyl (C=O) groups excluding carboxylic acids is 1. The number of para-hydroxylation sites is 1. The Balaban J connectivity index is 2.42. The van der Waals surface area contributed by atoms with Gasteiger partial charge in [-0.05, 0) is 24.5 Å². The predicted octanol–water partition coefficient (Wildman–Crippen LogP) is 1.85. The highest BCUT2D eigenvalue weighted by Gasteiger charge is 2.15. The fourth-order valence-corrected chi connectivity index (χ4v) is 1.89. The maximum atomic E-state index is 11.7. The summed E-state index contributed by atoms with van der Waals surface area (Å²) in [5.74, 6) is -0.782. The van der Waals surface area contributed by atoms with Crippen LogP contribution in [-0.4, -0.2) is 30.6 Å². The number of carboxylic acids is 1. The van der Waals surface area contributed by atoms with E-state index in [2.05, 4.69) is 5.32 Å². The number of rotatable bonds is 8. The number of ether oxygens (including phenoxy) is 1. The van der Waals surface area contributed by atoms with Gasteiger partial charge in [0, 0.05) is 13.0 Å². The summed E-state index contributed by atoms with van der Waals surface area (Å²) in [7, 11) is 1.59. The summed E-state index contributed by atoms with van der Waals surface area (Å²) >= 11 is 0. The van der Waals surface area contributed by atoms with Gasteiger partial charge in [-0.3, -0.25) is 9.59 Å². The molecule has 0 aliphatic heterocycles. The first-order valence-electron chi connectivity index (χ1n) is 6.69. The molecule has 0 heterocycles. The van der Waals surface area contributed by atoms with Crippen LogP contribution in [0.4, 0.5) is 0 Å². The zero-order valence-corrected chi connectivity index (χ0v) is 11.9. The smallest absolute Gasteiger partial charge is 0.308 e. The molecule has 0 fully saturated rings. The summed E-state index contributed by atoms with van der Waals surface area (Å²) in [5.41, 5.74) is 0.968. The molecule has 20 heavy (non-hydrogen) atoms. The Morgan fingerprint density at radius 1 is 1.35 bits per heavy atom. The van der Waals surface area contributed by atoms with Crippen LogP contribution in [0.5, 0.6) is 5.75 Å². The number of nitrogens with one attached hydrogen (secondary N) is 1. The molecule has 0 aromatic heterocycles. The third-order valence-electron chi connectivity index (χ3n) is 3.20. The van der Waals surface area contributed by atoms with E-state index < -0.39 is 11.9 Å². The van der Waals surface area contributed by atoms with Crippen molar-refractivity contribution in [3.05, 3.63) is 29.8 Å². The quantitative estimate of drug-likeness (QED) is 0.761. The summed E-state index contributed by atoms with van der Waals surface area (Å²) < 4.78 is 5.22. The van der Waals surface area contributed by atoms with Gasteiger partial charge in [-0.2, -0.15) is 0 Å². The van der Waals surface area contributed by atoms with Crippen LogP contribution in [-0.2, 0) is 16.0 Å². The third kappa shape index (κ3) is 4.91. The molecule has 0 spiro atoms. The first-order valence-corrected chi connectivity index (χ1v) is 6.69. The second kappa shape index (κ2) is 8.19. The monoisotopic (exact) mass is 279 g/mol. The number of aliphatic carboxylic acids is 1. The molecule has 0 aliphatic carbocycles. The van der Waals surface area contributed by atoms with Gasteiger partial charge in [0.1, 0.15) is 5.75 Å². The minimum Gasteiger partial charge on any atom is -0.496 e. The molecule has 1 rings (SSSR count). The Morgan fingerprint density at radius 3 is 2.65 bits per heavy atom. The Morgan fingerprint density at radius 2 is 2.05 bits per heavy atom. The minimum atomic E-state index is -0.877. The first-order chi connectivity index (χ1) is 9.58. The molecule has 1 amide bonds. The normalized spacial score (nSPS) is 11.7. The van der Waals surface area contributed by atoms with Crippen molar-refractivity contribution in [1.82, 2.24) is 5.32 Å². The molecule has 0 bridgehead atoms. The van der Waals surface area contributed by atoms with E-state index in [1.54, 1.807) is 14.0 Å². The van der Waals surface area contributed by atoms with Gasteiger partial charge in [-0.15, -0.1) is 0 Å². The van der Waals surface area contributed by atoms with Gasteiger partial charge < -0.3 is 15.2 Å². The number of methoxy groups -OCH3 is 1. The Bertz CT molecular complexity index is 459. The lowest BCUT2D eigenvalue weighted by molar-refractivity contribution is -0.141. The van der Waals surface area contributed by atoms with Crippen LogP contribution in [0.1, 0.15) is 25.3 Å². The van der Waals surface area contributed by atoms with Gasteiger partial charge in [0.05, 0.1) is 13.0 Å². The van der Waals surface area contributed by atoms with E-state index in [0.29, 0.717) is 19.3 Å². The van der Waals surface area contributed by atoms with Crippen molar-refractivity contribution in [1.29, 1.82) is 0 Å². The van der Waals surface area contributed by atoms with Crippen LogP contribution < -0.4 is 10.1 Å². The molecule has 2 N–H and O–H groups in total. The second-order valence-corrected chi connectivity index (χ2v) is 4.56. The molecule has 1 atom stereocenters. The van der Waals surface area contributed by atoms with E-state index in [0.717, 1.165) is 11.3 Å². The van der Waals surface area contributed by atoms with Crippen molar-refractivity contribution in [2.45, 2.75) is 26.2 Å². The molecule has 0 radical (unpaired) electrons. The maximum Gasteiger partial charge on any atom is 0.308 e. The summed E-state index contributed by atoms with van der Waals surface area (Å²) in [4.78, 5) is 22.6. The van der Waals surface area contributed by atoms with Gasteiger partial charge in [0.15, 0.2) is 0 Å². The van der Waals surface area contributed by atoms with Crippen molar-refractivity contribution in [3.8, 4) is 5.75 Å². The van der Waals surface area contributed by atoms with Gasteiger partial charge in [-0.25, -0.2) is 0 Å². The molecule has 0 aliphatic rings. The number of benzene rings is 1. The number of carboxylic acid groups (broad SMARTS) is 1. The number of amides is 1. The van der Waals surface area contributed by atoms with Crippen molar-refractivity contribution in [2.24, 2.45) is 5.92 Å². The van der Waals surface area contributed by atoms with Crippen LogP contribution in [0.25, 0.3) is 0 Å². The van der Waals surface area contributed by atoms with Crippen LogP contribution in [0, 0.1) is 5.92 Å². The van der Waals surface area contributed by atoms with Crippen molar-refractivity contribution in [2.75, 3.05) is 13.7 Å². The average molecular weight is 279 g/mol. The minimum absolute atomic E-state index is 0.143. The standard InChI is InChI=1S/C15H21NO4/c1-3-11(15(18)19)10-16-14(17)9-8-12-6-4-5-7-13(12)20-2/h4-7,11H,3,8-10H2,1-2H3,(H,16,17)(H,18,19). The molecule has 1 aromatic rings. The van der Waals surface area contributed by atoms with E-state index in [9.17, 15) is 9.59 Å². The van der Waals surface area contributed by atoms with Crippen molar-refractivity contribution >= 4 is 11.9 Å². The van der Waals surface area contributed by atoms with E-state index in [1.807, 2.05) is 24.3 Å². The molecule has 0 saturated carbocycles. The van der Waals surface area contributed by atoms with Gasteiger partial charge in [-0.1, -0.05) is 25.1 Å². The SMILES string of the molecule is CCC(CNC(=O)CCc1ccccc1OC)C(=O)O. The largest absolute Gasteiger partial charge is 0.496 e. The number of hydrogen-bond donors (Lipinski definition) is 2. The molecule has 5 nitrogen and oxygen atoms in total. The first kappa shape index (κ1) is 16.0. The molecular weight excluding hydrogens is 258 g/mol. The van der Waals surface area contributed by atoms with Crippen molar-refractivity contribution in [3.63, 3.8) is 0 Å². The van der Waals surface area contributed by atoms with E-state index in [-0.39, 0.29) is 12.5 Å². The Hall–Kier alpha value is -2.04. The van der Waals surface area contributed by atoms with E-state index in [4.69, 9.17) is 9.84 Å². The predicted molar refractivity (Wildman–Crippen MR) is 75.7 cm³/mol. The van der Waals surface area contributed by atoms with E-state index >= 15 is 0 Å². The molecule has 0 saturated heterocycles. The molecule has 1 unspecified atom stereocenters. The lowest BCUT2D eigenvalue weighted by atomic mass is 10.1. The number of carbonyl (C=O) groups is 2. The molecule has 1 aromatic carbocycles. The fourth-order valence-electron chi connectivity index (χ4n) is 1.89. The van der Waals surface area contributed by atoms with Crippen molar-refractivity contribution < 1.29 is 19.4 Å². The lowest BCUT2D eigenvalue weighted by Gasteiger charge is -2.11. The number of hydrogen-bond acceptors (Lipinski definition) is 3. The molecular formula is C15H21NO4. The second-order valence-electron chi connectivity index (χ2n) is 4.56. The maximum absolute atomic E-state index is 11.7. The average Bonchev–Trinajstić information content (AvgIpc) is 2.45. The zero-order valence-electron chi connectivity index (χ0n) is 11.9. The zero-order chi connectivity index (χ0) is 15.0. The van der Waals surface area contributed by atoms with Gasteiger partial charge in [0.2, 0.25) is 5.91 Å². The summed E-state index contributed by atoms with van der Waals surface area (Å²) in [6, 6.07) is 7.54. The van der Waals surface area contributed by atoms with Crippen LogP contribution in [0.15, 0.2) is 24.3 Å². The topological polar surface area (TPSA) is 75.6 Å². The highest BCUT2D eigenvalue weighted by molar-refractivity contribution is 5.77. The fraction of sp³-hybridized carbons (Fsp3) is 0.467. The van der Waals surface area contributed by atoms with Crippen LogP contribution in [0.3, 0.4) is 0 Å². The van der Waals surface area contributed by atoms with Gasteiger partial charge in [0.25, 0.3) is 0 Å². The van der Waals surface area contributed by atoms with Crippen LogP contribution in [0.2, 0.25) is 0 Å². The third-order valence-corrected chi connectivity index (χ3v) is 3.20. The Kier molecular flexibility index (Phi) is 6.56. The highest BCUT2D eigenvalue weighted by Crippen LogP contribution is 2.18. The molecule has 5 heteroatoms. The lowest BCUT2D eigenvalue weighted by Crippen LogP contribution is -2.32. The highest BCUT2D eigenvalue weighted by atomic mass is 16.5. The molecule has 110 valence electrons. The van der Waals surface area contributed by atoms with E-state index in [1.165, 1.54) is 0 Å². The summed E-state index contributed by atoms with van der Waals surface area (Å²) in [6.07, 6.45) is 1.39. The Labute approximate surface area is 118 Å². The van der Waals surface area contributed by atoms with Gasteiger partial charge >= 0.3 is 5.97 Å². The number of aryl methyl sites for hydroxylation is 1. The summed E-state index contributed by atoms with van der Waals surface area (Å²) in [5, 5.41) is 11.6.